The normalized spacial score (nSPS) is 19.1. The summed E-state index contributed by atoms with van der Waals surface area (Å²) in [4.78, 5) is 21.1. The van der Waals surface area contributed by atoms with Gasteiger partial charge in [-0.1, -0.05) is 20.8 Å². The first-order chi connectivity index (χ1) is 14.4. The fourth-order valence-corrected chi connectivity index (χ4v) is 3.42. The predicted octanol–water partition coefficient (Wildman–Crippen LogP) is 1.51. The number of amides is 1. The van der Waals surface area contributed by atoms with Crippen LogP contribution in [0.4, 0.5) is 11.6 Å². The van der Waals surface area contributed by atoms with E-state index in [1.807, 2.05) is 19.9 Å². The molecule has 0 radical (unpaired) electrons. The topological polar surface area (TPSA) is 163 Å². The molecule has 1 saturated heterocycles. The van der Waals surface area contributed by atoms with Crippen molar-refractivity contribution in [2.75, 3.05) is 23.7 Å². The molecule has 0 saturated carbocycles. The van der Waals surface area contributed by atoms with E-state index in [9.17, 15) is 4.79 Å². The summed E-state index contributed by atoms with van der Waals surface area (Å²) in [5.41, 5.74) is 18.9. The number of nitriles is 1. The van der Waals surface area contributed by atoms with E-state index in [0.717, 1.165) is 25.3 Å². The molecule has 0 aromatic carbocycles. The van der Waals surface area contributed by atoms with Crippen molar-refractivity contribution in [1.29, 1.82) is 5.26 Å². The maximum Gasteiger partial charge on any atom is 0.266 e. The highest BCUT2D eigenvalue weighted by Crippen LogP contribution is 2.26. The Morgan fingerprint density at radius 1 is 1.33 bits per heavy atom. The third kappa shape index (κ3) is 5.03. The van der Waals surface area contributed by atoms with E-state index in [2.05, 4.69) is 33.2 Å². The average molecular weight is 411 g/mol. The molecule has 0 spiro atoms. The summed E-state index contributed by atoms with van der Waals surface area (Å²) in [6, 6.07) is 7.53. The molecule has 1 amide bonds. The van der Waals surface area contributed by atoms with Gasteiger partial charge in [0.05, 0.1) is 11.3 Å². The number of hydrogen-bond donors (Lipinski definition) is 5. The Morgan fingerprint density at radius 3 is 2.57 bits per heavy atom. The minimum Gasteiger partial charge on any atom is -0.393 e. The molecule has 9 nitrogen and oxygen atoms in total. The number of rotatable bonds is 5. The zero-order chi connectivity index (χ0) is 22.3. The summed E-state index contributed by atoms with van der Waals surface area (Å²) >= 11 is 0. The molecular formula is C21H30N8O. The molecule has 160 valence electrons. The number of nitrogens with two attached hydrogens (primary N) is 3. The van der Waals surface area contributed by atoms with Gasteiger partial charge in [0.2, 0.25) is 0 Å². The Balaban J connectivity index is 0.00000155. The quantitative estimate of drug-likeness (QED) is 0.466. The SMILES string of the molecule is CC.CC1CN(c2ccc(C#N)cn2)CCC1N/C(=C(/N)C(N)=O)c1cc[nH]c1N. The number of primary amides is 1. The average Bonchev–Trinajstić information content (AvgIpc) is 3.19. The molecule has 2 aromatic heterocycles. The van der Waals surface area contributed by atoms with Crippen molar-refractivity contribution in [3.05, 3.63) is 47.4 Å². The van der Waals surface area contributed by atoms with Crippen LogP contribution >= 0.6 is 0 Å². The molecule has 8 N–H and O–H groups in total. The molecule has 2 atom stereocenters. The predicted molar refractivity (Wildman–Crippen MR) is 119 cm³/mol. The van der Waals surface area contributed by atoms with Gasteiger partial charge in [0, 0.05) is 37.1 Å². The van der Waals surface area contributed by atoms with Crippen LogP contribution in [0.15, 0.2) is 36.3 Å². The van der Waals surface area contributed by atoms with Gasteiger partial charge >= 0.3 is 0 Å². The van der Waals surface area contributed by atoms with E-state index in [-0.39, 0.29) is 17.7 Å². The fourth-order valence-electron chi connectivity index (χ4n) is 3.42. The van der Waals surface area contributed by atoms with Gasteiger partial charge in [-0.05, 0) is 30.5 Å². The lowest BCUT2D eigenvalue weighted by Gasteiger charge is -2.39. The van der Waals surface area contributed by atoms with Crippen LogP contribution in [0.3, 0.4) is 0 Å². The second kappa shape index (κ2) is 10.2. The monoisotopic (exact) mass is 410 g/mol. The van der Waals surface area contributed by atoms with Crippen molar-refractivity contribution in [2.45, 2.75) is 33.2 Å². The molecule has 2 unspecified atom stereocenters. The molecule has 1 aliphatic rings. The molecule has 1 fully saturated rings. The molecule has 30 heavy (non-hydrogen) atoms. The Hall–Kier alpha value is -3.67. The largest absolute Gasteiger partial charge is 0.393 e. The van der Waals surface area contributed by atoms with Crippen molar-refractivity contribution in [1.82, 2.24) is 15.3 Å². The van der Waals surface area contributed by atoms with E-state index in [0.29, 0.717) is 22.6 Å². The van der Waals surface area contributed by atoms with E-state index in [1.54, 1.807) is 24.5 Å². The van der Waals surface area contributed by atoms with Gasteiger partial charge in [0.1, 0.15) is 23.4 Å². The summed E-state index contributed by atoms with van der Waals surface area (Å²) < 4.78 is 0. The molecule has 3 heterocycles. The lowest BCUT2D eigenvalue weighted by molar-refractivity contribution is -0.114. The lowest BCUT2D eigenvalue weighted by atomic mass is 9.93. The second-order valence-electron chi connectivity index (χ2n) is 6.94. The zero-order valence-corrected chi connectivity index (χ0v) is 17.6. The van der Waals surface area contributed by atoms with E-state index in [4.69, 9.17) is 22.5 Å². The van der Waals surface area contributed by atoms with Crippen molar-refractivity contribution < 1.29 is 4.79 Å². The van der Waals surface area contributed by atoms with Crippen LogP contribution in [0.2, 0.25) is 0 Å². The zero-order valence-electron chi connectivity index (χ0n) is 17.6. The number of carbonyl (C=O) groups is 1. The van der Waals surface area contributed by atoms with E-state index in [1.165, 1.54) is 0 Å². The van der Waals surface area contributed by atoms with E-state index < -0.39 is 5.91 Å². The second-order valence-corrected chi connectivity index (χ2v) is 6.94. The highest BCUT2D eigenvalue weighted by atomic mass is 16.1. The molecule has 2 aromatic rings. The highest BCUT2D eigenvalue weighted by molar-refractivity contribution is 5.99. The van der Waals surface area contributed by atoms with Gasteiger partial charge < -0.3 is 32.4 Å². The summed E-state index contributed by atoms with van der Waals surface area (Å²) in [5.74, 6) is 0.794. The standard InChI is InChI=1S/C19H24N8O.C2H6/c1-11-10-27(15-3-2-12(8-20)9-25-15)7-5-14(11)26-17(16(21)19(23)28)13-4-6-24-18(13)22;1-2/h2-4,6,9,11,14,24,26H,5,7,10,21-22H2,1H3,(H2,23,28);1-2H3/b17-16+;. The molecule has 0 bridgehead atoms. The number of aromatic amines is 1. The maximum absolute atomic E-state index is 11.7. The number of H-pyrrole nitrogens is 1. The number of nitrogens with one attached hydrogen (secondary N) is 2. The van der Waals surface area contributed by atoms with Crippen LogP contribution in [0.5, 0.6) is 0 Å². The van der Waals surface area contributed by atoms with Crippen LogP contribution in [-0.2, 0) is 4.79 Å². The van der Waals surface area contributed by atoms with Crippen LogP contribution in [0.1, 0.15) is 38.3 Å². The number of piperidine rings is 1. The van der Waals surface area contributed by atoms with Gasteiger partial charge in [-0.3, -0.25) is 4.79 Å². The lowest BCUT2D eigenvalue weighted by Crippen LogP contribution is -2.48. The first-order valence-electron chi connectivity index (χ1n) is 10.0. The Labute approximate surface area is 176 Å². The number of pyridine rings is 1. The number of anilines is 2. The first-order valence-corrected chi connectivity index (χ1v) is 10.0. The van der Waals surface area contributed by atoms with Crippen molar-refractivity contribution in [3.63, 3.8) is 0 Å². The third-order valence-corrected chi connectivity index (χ3v) is 5.02. The van der Waals surface area contributed by atoms with Crippen molar-refractivity contribution in [2.24, 2.45) is 17.4 Å². The van der Waals surface area contributed by atoms with Crippen LogP contribution in [0.25, 0.3) is 5.70 Å². The summed E-state index contributed by atoms with van der Waals surface area (Å²) in [6.45, 7) is 7.66. The summed E-state index contributed by atoms with van der Waals surface area (Å²) in [7, 11) is 0. The molecule has 0 aliphatic carbocycles. The summed E-state index contributed by atoms with van der Waals surface area (Å²) in [6.07, 6.45) is 4.07. The number of hydrogen-bond acceptors (Lipinski definition) is 7. The third-order valence-electron chi connectivity index (χ3n) is 5.02. The minimum absolute atomic E-state index is 0.0466. The van der Waals surface area contributed by atoms with Gasteiger partial charge in [-0.15, -0.1) is 0 Å². The van der Waals surface area contributed by atoms with Crippen LogP contribution in [-0.4, -0.2) is 35.0 Å². The molecular weight excluding hydrogens is 380 g/mol. The highest BCUT2D eigenvalue weighted by Gasteiger charge is 2.29. The number of aromatic nitrogens is 2. The van der Waals surface area contributed by atoms with Crippen molar-refractivity contribution in [3.8, 4) is 6.07 Å². The van der Waals surface area contributed by atoms with Gasteiger partial charge in [0.15, 0.2) is 0 Å². The fraction of sp³-hybridized carbons (Fsp3) is 0.381. The van der Waals surface area contributed by atoms with Crippen molar-refractivity contribution >= 4 is 23.2 Å². The first kappa shape index (κ1) is 22.6. The number of nitrogen functional groups attached to an aromatic ring is 1. The molecule has 9 heteroatoms. The van der Waals surface area contributed by atoms with Gasteiger partial charge in [-0.25, -0.2) is 4.98 Å². The Kier molecular flexibility index (Phi) is 7.69. The van der Waals surface area contributed by atoms with Gasteiger partial charge in [0.25, 0.3) is 5.91 Å². The molecule has 1 aliphatic heterocycles. The van der Waals surface area contributed by atoms with Crippen LogP contribution in [0, 0.1) is 17.2 Å². The Morgan fingerprint density at radius 2 is 2.07 bits per heavy atom. The smallest absolute Gasteiger partial charge is 0.266 e. The number of nitrogens with zero attached hydrogens (tertiary/aromatic N) is 3. The van der Waals surface area contributed by atoms with E-state index >= 15 is 0 Å². The number of carbonyl (C=O) groups excluding carboxylic acids is 1. The maximum atomic E-state index is 11.7. The van der Waals surface area contributed by atoms with Gasteiger partial charge in [-0.2, -0.15) is 5.26 Å². The summed E-state index contributed by atoms with van der Waals surface area (Å²) in [5, 5.41) is 12.3. The molecule has 3 rings (SSSR count). The van der Waals surface area contributed by atoms with Crippen LogP contribution < -0.4 is 27.4 Å². The minimum atomic E-state index is -0.699. The Bertz CT molecular complexity index is 925.